The second-order valence-corrected chi connectivity index (χ2v) is 4.97. The number of nitrogens with zero attached hydrogens (tertiary/aromatic N) is 2. The molecule has 0 aromatic heterocycles. The van der Waals surface area contributed by atoms with E-state index >= 15 is 0 Å². The Morgan fingerprint density at radius 3 is 2.45 bits per heavy atom. The van der Waals surface area contributed by atoms with E-state index in [0.29, 0.717) is 4.90 Å². The van der Waals surface area contributed by atoms with Crippen molar-refractivity contribution in [3.63, 3.8) is 0 Å². The molecule has 0 bridgehead atoms. The molecule has 1 aliphatic heterocycles. The maximum atomic E-state index is 12.2. The Morgan fingerprint density at radius 2 is 1.86 bits per heavy atom. The van der Waals surface area contributed by atoms with E-state index in [-0.39, 0.29) is 13.2 Å². The molecule has 1 heterocycles. The monoisotopic (exact) mass is 304 g/mol. The summed E-state index contributed by atoms with van der Waals surface area (Å²) in [5, 5.41) is 0. The summed E-state index contributed by atoms with van der Waals surface area (Å²) in [5.74, 6) is -2.80. The van der Waals surface area contributed by atoms with Gasteiger partial charge in [0.15, 0.2) is 0 Å². The summed E-state index contributed by atoms with van der Waals surface area (Å²) >= 11 is 0. The van der Waals surface area contributed by atoms with Crippen molar-refractivity contribution in [2.24, 2.45) is 0 Å². The fourth-order valence-corrected chi connectivity index (χ4v) is 2.19. The zero-order valence-corrected chi connectivity index (χ0v) is 12.3. The lowest BCUT2D eigenvalue weighted by Gasteiger charge is -2.35. The highest BCUT2D eigenvalue weighted by atomic mass is 16.5. The number of piperazine rings is 1. The number of esters is 1. The van der Waals surface area contributed by atoms with E-state index < -0.39 is 29.7 Å². The number of hydrogen-bond donors (Lipinski definition) is 0. The number of likely N-dealkylation sites (N-methyl/N-ethyl adjacent to an activating group) is 1. The number of carbonyl (C=O) groups excluding carboxylic acids is 4. The number of hydrogen-bond acceptors (Lipinski definition) is 5. The third-order valence-electron chi connectivity index (χ3n) is 3.30. The van der Waals surface area contributed by atoms with Crippen molar-refractivity contribution in [1.82, 2.24) is 9.80 Å². The SMILES string of the molecule is CC(=O)N1C(=O)CN(C)C(=O)C1C(=O)OCc1ccccc1. The zero-order valence-electron chi connectivity index (χ0n) is 12.3. The van der Waals surface area contributed by atoms with Crippen LogP contribution in [0.4, 0.5) is 0 Å². The summed E-state index contributed by atoms with van der Waals surface area (Å²) in [4.78, 5) is 49.5. The van der Waals surface area contributed by atoms with Gasteiger partial charge in [0.25, 0.3) is 5.91 Å². The van der Waals surface area contributed by atoms with Crippen LogP contribution in [0, 0.1) is 0 Å². The average molecular weight is 304 g/mol. The van der Waals surface area contributed by atoms with Crippen molar-refractivity contribution in [3.05, 3.63) is 35.9 Å². The second kappa shape index (κ2) is 6.38. The lowest BCUT2D eigenvalue weighted by Crippen LogP contribution is -2.63. The maximum Gasteiger partial charge on any atom is 0.339 e. The Labute approximate surface area is 127 Å². The van der Waals surface area contributed by atoms with E-state index in [1.807, 2.05) is 6.07 Å². The third kappa shape index (κ3) is 3.13. The molecule has 0 aliphatic carbocycles. The summed E-state index contributed by atoms with van der Waals surface area (Å²) in [6, 6.07) is 7.36. The molecule has 1 saturated heterocycles. The molecule has 1 aromatic carbocycles. The van der Waals surface area contributed by atoms with Crippen LogP contribution in [0.2, 0.25) is 0 Å². The Balaban J connectivity index is 2.15. The summed E-state index contributed by atoms with van der Waals surface area (Å²) in [6.07, 6.45) is 0. The minimum absolute atomic E-state index is 0.0346. The van der Waals surface area contributed by atoms with Gasteiger partial charge in [0.05, 0.1) is 6.54 Å². The van der Waals surface area contributed by atoms with Crippen molar-refractivity contribution in [1.29, 1.82) is 0 Å². The lowest BCUT2D eigenvalue weighted by atomic mass is 10.1. The Morgan fingerprint density at radius 1 is 1.23 bits per heavy atom. The number of carbonyl (C=O) groups is 4. The first-order valence-corrected chi connectivity index (χ1v) is 6.70. The van der Waals surface area contributed by atoms with Gasteiger partial charge in [0, 0.05) is 14.0 Å². The fourth-order valence-electron chi connectivity index (χ4n) is 2.19. The van der Waals surface area contributed by atoms with E-state index in [1.54, 1.807) is 24.3 Å². The summed E-state index contributed by atoms with van der Waals surface area (Å²) < 4.78 is 5.08. The fraction of sp³-hybridized carbons (Fsp3) is 0.333. The first kappa shape index (κ1) is 15.7. The van der Waals surface area contributed by atoms with Crippen molar-refractivity contribution in [2.45, 2.75) is 19.6 Å². The van der Waals surface area contributed by atoms with Crippen LogP contribution < -0.4 is 0 Å². The lowest BCUT2D eigenvalue weighted by molar-refractivity contribution is -0.172. The van der Waals surface area contributed by atoms with Gasteiger partial charge in [-0.3, -0.25) is 19.3 Å². The largest absolute Gasteiger partial charge is 0.459 e. The summed E-state index contributed by atoms with van der Waals surface area (Å²) in [6.45, 7) is 0.863. The van der Waals surface area contributed by atoms with Gasteiger partial charge in [-0.05, 0) is 5.56 Å². The van der Waals surface area contributed by atoms with Gasteiger partial charge in [0.1, 0.15) is 6.61 Å². The van der Waals surface area contributed by atoms with Gasteiger partial charge in [-0.25, -0.2) is 4.79 Å². The van der Waals surface area contributed by atoms with E-state index in [1.165, 1.54) is 7.05 Å². The highest BCUT2D eigenvalue weighted by Gasteiger charge is 2.45. The van der Waals surface area contributed by atoms with Gasteiger partial charge < -0.3 is 9.64 Å². The van der Waals surface area contributed by atoms with Crippen LogP contribution in [-0.4, -0.2) is 53.1 Å². The number of ether oxygens (including phenoxy) is 1. The van der Waals surface area contributed by atoms with E-state index in [4.69, 9.17) is 4.74 Å². The Bertz CT molecular complexity index is 614. The van der Waals surface area contributed by atoms with Gasteiger partial charge in [0.2, 0.25) is 17.9 Å². The van der Waals surface area contributed by atoms with Gasteiger partial charge in [-0.2, -0.15) is 0 Å². The maximum absolute atomic E-state index is 12.2. The summed E-state index contributed by atoms with van der Waals surface area (Å²) in [5.41, 5.74) is 0.744. The quantitative estimate of drug-likeness (QED) is 0.577. The molecule has 0 spiro atoms. The molecule has 3 amide bonds. The second-order valence-electron chi connectivity index (χ2n) is 4.97. The first-order valence-electron chi connectivity index (χ1n) is 6.70. The van der Waals surface area contributed by atoms with E-state index in [9.17, 15) is 19.2 Å². The zero-order chi connectivity index (χ0) is 16.3. The molecular weight excluding hydrogens is 288 g/mol. The molecule has 116 valence electrons. The van der Waals surface area contributed by atoms with Crippen LogP contribution in [0.25, 0.3) is 0 Å². The van der Waals surface area contributed by atoms with Crippen molar-refractivity contribution < 1.29 is 23.9 Å². The molecule has 7 heteroatoms. The molecule has 7 nitrogen and oxygen atoms in total. The minimum atomic E-state index is -1.55. The van der Waals surface area contributed by atoms with Crippen molar-refractivity contribution in [2.75, 3.05) is 13.6 Å². The van der Waals surface area contributed by atoms with Crippen LogP contribution in [-0.2, 0) is 30.5 Å². The molecule has 0 saturated carbocycles. The number of amides is 3. The molecule has 1 fully saturated rings. The molecule has 0 radical (unpaired) electrons. The predicted molar refractivity (Wildman–Crippen MR) is 75.2 cm³/mol. The molecule has 1 atom stereocenters. The molecule has 1 unspecified atom stereocenters. The molecule has 0 N–H and O–H groups in total. The number of benzene rings is 1. The molecule has 1 aliphatic rings. The Kier molecular flexibility index (Phi) is 4.55. The van der Waals surface area contributed by atoms with Crippen LogP contribution in [0.1, 0.15) is 12.5 Å². The van der Waals surface area contributed by atoms with E-state index in [2.05, 4.69) is 0 Å². The van der Waals surface area contributed by atoms with Crippen LogP contribution >= 0.6 is 0 Å². The van der Waals surface area contributed by atoms with Crippen LogP contribution in [0.5, 0.6) is 0 Å². The molecular formula is C15H16N2O5. The first-order chi connectivity index (χ1) is 10.4. The summed E-state index contributed by atoms with van der Waals surface area (Å²) in [7, 11) is 1.40. The highest BCUT2D eigenvalue weighted by Crippen LogP contribution is 2.14. The van der Waals surface area contributed by atoms with Gasteiger partial charge >= 0.3 is 5.97 Å². The van der Waals surface area contributed by atoms with Gasteiger partial charge in [-0.15, -0.1) is 0 Å². The third-order valence-corrected chi connectivity index (χ3v) is 3.30. The van der Waals surface area contributed by atoms with Crippen LogP contribution in [0.3, 0.4) is 0 Å². The van der Waals surface area contributed by atoms with E-state index in [0.717, 1.165) is 17.4 Å². The molecule has 2 rings (SSSR count). The topological polar surface area (TPSA) is 84.0 Å². The predicted octanol–water partition coefficient (Wildman–Crippen LogP) is -0.0545. The minimum Gasteiger partial charge on any atom is -0.459 e. The highest BCUT2D eigenvalue weighted by molar-refractivity contribution is 6.13. The molecule has 1 aromatic rings. The molecule has 22 heavy (non-hydrogen) atoms. The number of imide groups is 1. The normalized spacial score (nSPS) is 18.4. The van der Waals surface area contributed by atoms with Crippen LogP contribution in [0.15, 0.2) is 30.3 Å². The average Bonchev–Trinajstić information content (AvgIpc) is 2.48. The number of rotatable bonds is 3. The standard InChI is InChI=1S/C15H16N2O5/c1-10(18)17-12(19)8-16(2)14(20)13(17)15(21)22-9-11-6-4-3-5-7-11/h3-7,13H,8-9H2,1-2H3. The Hall–Kier alpha value is -2.70. The smallest absolute Gasteiger partial charge is 0.339 e. The van der Waals surface area contributed by atoms with Gasteiger partial charge in [-0.1, -0.05) is 30.3 Å². The van der Waals surface area contributed by atoms with Crippen molar-refractivity contribution >= 4 is 23.7 Å². The van der Waals surface area contributed by atoms with Crippen molar-refractivity contribution in [3.8, 4) is 0 Å².